The number of hydroxylamine groups is 2. The van der Waals surface area contributed by atoms with Gasteiger partial charge in [-0.15, -0.1) is 0 Å². The molecule has 4 nitrogen and oxygen atoms in total. The van der Waals surface area contributed by atoms with Crippen molar-refractivity contribution in [2.45, 2.75) is 32.2 Å². The third-order valence-corrected chi connectivity index (χ3v) is 4.27. The molecule has 1 unspecified atom stereocenters. The lowest BCUT2D eigenvalue weighted by molar-refractivity contribution is -0.182. The summed E-state index contributed by atoms with van der Waals surface area (Å²) < 4.78 is 0. The number of nitriles is 1. The van der Waals surface area contributed by atoms with Gasteiger partial charge >= 0.3 is 0 Å². The van der Waals surface area contributed by atoms with Gasteiger partial charge in [0, 0.05) is 12.3 Å². The maximum absolute atomic E-state index is 12.5. The maximum Gasteiger partial charge on any atom is 0.249 e. The molecule has 1 saturated heterocycles. The fraction of sp³-hybridized carbons (Fsp3) is 0.500. The van der Waals surface area contributed by atoms with E-state index < -0.39 is 0 Å². The van der Waals surface area contributed by atoms with Crippen molar-refractivity contribution in [3.8, 4) is 6.07 Å². The molecule has 1 aromatic rings. The second-order valence-corrected chi connectivity index (χ2v) is 5.66. The molecule has 1 aromatic carbocycles. The zero-order valence-electron chi connectivity index (χ0n) is 11.6. The van der Waals surface area contributed by atoms with Crippen molar-refractivity contribution in [2.24, 2.45) is 11.8 Å². The maximum atomic E-state index is 12.5. The van der Waals surface area contributed by atoms with Crippen LogP contribution in [-0.2, 0) is 9.63 Å². The second kappa shape index (κ2) is 5.26. The van der Waals surface area contributed by atoms with Gasteiger partial charge in [-0.25, -0.2) is 5.06 Å². The van der Waals surface area contributed by atoms with Crippen LogP contribution in [0.3, 0.4) is 0 Å². The molecule has 104 valence electrons. The highest BCUT2D eigenvalue weighted by atomic mass is 16.7. The van der Waals surface area contributed by atoms with Gasteiger partial charge in [0.15, 0.2) is 0 Å². The normalized spacial score (nSPS) is 23.4. The van der Waals surface area contributed by atoms with E-state index in [2.05, 4.69) is 6.07 Å². The summed E-state index contributed by atoms with van der Waals surface area (Å²) in [6.45, 7) is 2.57. The van der Waals surface area contributed by atoms with E-state index in [-0.39, 0.29) is 17.9 Å². The number of nitrogens with zero attached hydrogens (tertiary/aromatic N) is 2. The fourth-order valence-electron chi connectivity index (χ4n) is 2.77. The predicted molar refractivity (Wildman–Crippen MR) is 73.2 cm³/mol. The molecule has 1 aliphatic heterocycles. The standard InChI is InChI=1S/C16H18N2O2/c1-11(13-6-7-13)16(19)18-15(8-9-20-18)14-4-2-12(10-17)3-5-14/h2-5,11,13,15H,6-9H2,1H3/t11?,15-/m0/s1. The summed E-state index contributed by atoms with van der Waals surface area (Å²) in [5, 5.41) is 10.4. The molecule has 2 aliphatic rings. The van der Waals surface area contributed by atoms with Crippen LogP contribution in [0.2, 0.25) is 0 Å². The Morgan fingerprint density at radius 3 is 2.65 bits per heavy atom. The van der Waals surface area contributed by atoms with Crippen molar-refractivity contribution in [3.63, 3.8) is 0 Å². The highest BCUT2D eigenvalue weighted by Crippen LogP contribution is 2.40. The van der Waals surface area contributed by atoms with Gasteiger partial charge in [0.25, 0.3) is 0 Å². The Hall–Kier alpha value is -1.86. The van der Waals surface area contributed by atoms with E-state index in [1.54, 1.807) is 17.2 Å². The lowest BCUT2D eigenvalue weighted by Gasteiger charge is -2.25. The summed E-state index contributed by atoms with van der Waals surface area (Å²) in [6, 6.07) is 9.51. The molecule has 3 rings (SSSR count). The van der Waals surface area contributed by atoms with Crippen molar-refractivity contribution in [2.75, 3.05) is 6.61 Å². The molecule has 1 saturated carbocycles. The molecule has 0 bridgehead atoms. The van der Waals surface area contributed by atoms with Crippen LogP contribution in [0, 0.1) is 23.2 Å². The third-order valence-electron chi connectivity index (χ3n) is 4.27. The number of amides is 1. The molecule has 2 atom stereocenters. The molecule has 20 heavy (non-hydrogen) atoms. The van der Waals surface area contributed by atoms with Gasteiger partial charge in [-0.3, -0.25) is 9.63 Å². The van der Waals surface area contributed by atoms with E-state index in [0.717, 1.165) is 24.8 Å². The van der Waals surface area contributed by atoms with E-state index in [1.165, 1.54) is 0 Å². The first-order valence-corrected chi connectivity index (χ1v) is 7.16. The minimum absolute atomic E-state index is 0.0172. The van der Waals surface area contributed by atoms with Crippen LogP contribution in [0.25, 0.3) is 0 Å². The van der Waals surface area contributed by atoms with E-state index in [4.69, 9.17) is 10.1 Å². The Morgan fingerprint density at radius 2 is 2.05 bits per heavy atom. The van der Waals surface area contributed by atoms with Crippen LogP contribution in [0.1, 0.15) is 43.4 Å². The first-order valence-electron chi connectivity index (χ1n) is 7.16. The lowest BCUT2D eigenvalue weighted by atomic mass is 10.0. The zero-order valence-corrected chi connectivity index (χ0v) is 11.6. The topological polar surface area (TPSA) is 53.3 Å². The van der Waals surface area contributed by atoms with Crippen LogP contribution in [0.4, 0.5) is 0 Å². The number of benzene rings is 1. The van der Waals surface area contributed by atoms with Crippen LogP contribution >= 0.6 is 0 Å². The largest absolute Gasteiger partial charge is 0.272 e. The third kappa shape index (κ3) is 2.41. The molecule has 1 amide bonds. The van der Waals surface area contributed by atoms with Crippen LogP contribution in [0.5, 0.6) is 0 Å². The minimum Gasteiger partial charge on any atom is -0.272 e. The molecule has 2 fully saturated rings. The van der Waals surface area contributed by atoms with Gasteiger partial charge in [-0.05, 0) is 36.5 Å². The van der Waals surface area contributed by atoms with Crippen molar-refractivity contribution in [1.29, 1.82) is 5.26 Å². The number of carbonyl (C=O) groups is 1. The van der Waals surface area contributed by atoms with Crippen molar-refractivity contribution >= 4 is 5.91 Å². The number of hydrogen-bond donors (Lipinski definition) is 0. The monoisotopic (exact) mass is 270 g/mol. The van der Waals surface area contributed by atoms with Gasteiger partial charge in [0.05, 0.1) is 24.3 Å². The van der Waals surface area contributed by atoms with E-state index in [9.17, 15) is 4.79 Å². The molecule has 1 aliphatic carbocycles. The molecule has 4 heteroatoms. The minimum atomic E-state index is -0.0172. The summed E-state index contributed by atoms with van der Waals surface area (Å²) >= 11 is 0. The first kappa shape index (κ1) is 13.1. The average Bonchev–Trinajstić information content (AvgIpc) is 3.23. The van der Waals surface area contributed by atoms with Crippen LogP contribution < -0.4 is 0 Å². The first-order chi connectivity index (χ1) is 9.70. The van der Waals surface area contributed by atoms with E-state index in [1.807, 2.05) is 19.1 Å². The Labute approximate surface area is 118 Å². The van der Waals surface area contributed by atoms with Crippen LogP contribution in [-0.4, -0.2) is 17.6 Å². The van der Waals surface area contributed by atoms with Crippen LogP contribution in [0.15, 0.2) is 24.3 Å². The number of rotatable bonds is 3. The van der Waals surface area contributed by atoms with Gasteiger partial charge in [0.1, 0.15) is 0 Å². The van der Waals surface area contributed by atoms with Gasteiger partial charge in [-0.2, -0.15) is 5.26 Å². The molecule has 0 N–H and O–H groups in total. The van der Waals surface area contributed by atoms with E-state index >= 15 is 0 Å². The predicted octanol–water partition coefficient (Wildman–Crippen LogP) is 2.81. The highest BCUT2D eigenvalue weighted by Gasteiger charge is 2.40. The molecule has 0 radical (unpaired) electrons. The Bertz CT molecular complexity index is 543. The molecular weight excluding hydrogens is 252 g/mol. The average molecular weight is 270 g/mol. The summed E-state index contributed by atoms with van der Waals surface area (Å²) in [5.74, 6) is 0.682. The summed E-state index contributed by atoms with van der Waals surface area (Å²) in [4.78, 5) is 18.0. The summed E-state index contributed by atoms with van der Waals surface area (Å²) in [6.07, 6.45) is 3.12. The Morgan fingerprint density at radius 1 is 1.35 bits per heavy atom. The fourth-order valence-corrected chi connectivity index (χ4v) is 2.77. The van der Waals surface area contributed by atoms with Crippen molar-refractivity contribution in [3.05, 3.63) is 35.4 Å². The van der Waals surface area contributed by atoms with Gasteiger partial charge in [-0.1, -0.05) is 19.1 Å². The molecule has 1 heterocycles. The molecule has 0 aromatic heterocycles. The molecular formula is C16H18N2O2. The smallest absolute Gasteiger partial charge is 0.249 e. The second-order valence-electron chi connectivity index (χ2n) is 5.66. The van der Waals surface area contributed by atoms with Gasteiger partial charge in [0.2, 0.25) is 5.91 Å². The van der Waals surface area contributed by atoms with Gasteiger partial charge < -0.3 is 0 Å². The lowest BCUT2D eigenvalue weighted by Crippen LogP contribution is -2.34. The Balaban J connectivity index is 1.77. The zero-order chi connectivity index (χ0) is 14.1. The SMILES string of the molecule is CC(C(=O)N1OCC[C@H]1c1ccc(C#N)cc1)C1CC1. The highest BCUT2D eigenvalue weighted by molar-refractivity contribution is 5.78. The van der Waals surface area contributed by atoms with E-state index in [0.29, 0.717) is 18.1 Å². The van der Waals surface area contributed by atoms with Crippen molar-refractivity contribution in [1.82, 2.24) is 5.06 Å². The number of carbonyl (C=O) groups excluding carboxylic acids is 1. The van der Waals surface area contributed by atoms with Crippen molar-refractivity contribution < 1.29 is 9.63 Å². The Kier molecular flexibility index (Phi) is 3.45. The summed E-state index contributed by atoms with van der Waals surface area (Å²) in [5.41, 5.74) is 1.68. The number of hydrogen-bond acceptors (Lipinski definition) is 3. The molecule has 0 spiro atoms. The summed E-state index contributed by atoms with van der Waals surface area (Å²) in [7, 11) is 0. The quantitative estimate of drug-likeness (QED) is 0.848.